The lowest BCUT2D eigenvalue weighted by Gasteiger charge is -2.01. The number of nitro groups is 1. The highest BCUT2D eigenvalue weighted by molar-refractivity contribution is 5.52. The van der Waals surface area contributed by atoms with Crippen LogP contribution in [0, 0.1) is 22.0 Å². The normalized spacial score (nSPS) is 10.3. The Morgan fingerprint density at radius 1 is 1.35 bits per heavy atom. The molecule has 0 radical (unpaired) electrons. The van der Waals surface area contributed by atoms with E-state index in [1.165, 1.54) is 24.3 Å². The van der Waals surface area contributed by atoms with Crippen LogP contribution in [0.1, 0.15) is 5.56 Å². The summed E-state index contributed by atoms with van der Waals surface area (Å²) in [5.74, 6) is 3.85. The van der Waals surface area contributed by atoms with Gasteiger partial charge >= 0.3 is 6.18 Å². The average Bonchev–Trinajstić information content (AvgIpc) is 2.24. The molecule has 0 unspecified atom stereocenters. The second-order valence-corrected chi connectivity index (χ2v) is 3.00. The van der Waals surface area contributed by atoms with Gasteiger partial charge in [-0.1, -0.05) is 30.6 Å². The van der Waals surface area contributed by atoms with Gasteiger partial charge in [0, 0.05) is 6.07 Å². The molecule has 0 aliphatic heterocycles. The summed E-state index contributed by atoms with van der Waals surface area (Å²) in [5, 5.41) is 10.6. The second-order valence-electron chi connectivity index (χ2n) is 3.00. The SMILES string of the molecule is C=C(C#Cc1ccccc1[N+](=O)[O-])C(F)(F)F. The summed E-state index contributed by atoms with van der Waals surface area (Å²) in [4.78, 5) is 9.85. The van der Waals surface area contributed by atoms with Crippen molar-refractivity contribution in [2.75, 3.05) is 0 Å². The Labute approximate surface area is 94.7 Å². The maximum absolute atomic E-state index is 12.1. The Morgan fingerprint density at radius 2 is 1.94 bits per heavy atom. The Kier molecular flexibility index (Phi) is 3.53. The van der Waals surface area contributed by atoms with Crippen LogP contribution in [0.2, 0.25) is 0 Å². The number of halogens is 3. The van der Waals surface area contributed by atoms with E-state index in [-0.39, 0.29) is 11.3 Å². The number of alkyl halides is 3. The number of nitro benzene ring substituents is 1. The standard InChI is InChI=1S/C11H6F3NO2/c1-8(11(12,13)14)6-7-9-4-2-3-5-10(9)15(16)17/h2-5H,1H2. The number of benzene rings is 1. The molecule has 0 aliphatic carbocycles. The molecule has 0 atom stereocenters. The molecule has 0 aliphatic rings. The van der Waals surface area contributed by atoms with Gasteiger partial charge in [-0.25, -0.2) is 0 Å². The molecule has 0 N–H and O–H groups in total. The molecule has 6 heteroatoms. The van der Waals surface area contributed by atoms with Crippen molar-refractivity contribution in [1.29, 1.82) is 0 Å². The number of rotatable bonds is 1. The van der Waals surface area contributed by atoms with Gasteiger partial charge in [0.15, 0.2) is 0 Å². The average molecular weight is 241 g/mol. The highest BCUT2D eigenvalue weighted by atomic mass is 19.4. The minimum Gasteiger partial charge on any atom is -0.258 e. The fraction of sp³-hybridized carbons (Fsp3) is 0.0909. The van der Waals surface area contributed by atoms with Crippen molar-refractivity contribution in [3.8, 4) is 11.8 Å². The van der Waals surface area contributed by atoms with Crippen molar-refractivity contribution >= 4 is 5.69 Å². The molecule has 88 valence electrons. The van der Waals surface area contributed by atoms with Crippen molar-refractivity contribution in [2.45, 2.75) is 6.18 Å². The van der Waals surface area contributed by atoms with E-state index >= 15 is 0 Å². The van der Waals surface area contributed by atoms with Gasteiger partial charge in [0.25, 0.3) is 5.69 Å². The number of para-hydroxylation sites is 1. The van der Waals surface area contributed by atoms with Crippen LogP contribution in [-0.4, -0.2) is 11.1 Å². The first-order valence-corrected chi connectivity index (χ1v) is 4.34. The molecule has 17 heavy (non-hydrogen) atoms. The zero-order chi connectivity index (χ0) is 13.1. The Morgan fingerprint density at radius 3 is 2.47 bits per heavy atom. The zero-order valence-electron chi connectivity index (χ0n) is 8.41. The Bertz CT molecular complexity index is 523. The molecule has 0 spiro atoms. The molecule has 0 amide bonds. The minimum absolute atomic E-state index is 0.0806. The Balaban J connectivity index is 3.09. The van der Waals surface area contributed by atoms with E-state index in [0.29, 0.717) is 0 Å². The highest BCUT2D eigenvalue weighted by Crippen LogP contribution is 2.23. The first-order valence-electron chi connectivity index (χ1n) is 4.34. The van der Waals surface area contributed by atoms with Crippen LogP contribution < -0.4 is 0 Å². The summed E-state index contributed by atoms with van der Waals surface area (Å²) in [6.07, 6.45) is -4.61. The van der Waals surface area contributed by atoms with Crippen LogP contribution in [-0.2, 0) is 0 Å². The molecule has 1 aromatic carbocycles. The quantitative estimate of drug-likeness (QED) is 0.431. The summed E-state index contributed by atoms with van der Waals surface area (Å²) in [6, 6.07) is 5.30. The predicted octanol–water partition coefficient (Wildman–Crippen LogP) is 3.06. The molecule has 0 aromatic heterocycles. The summed E-state index contributed by atoms with van der Waals surface area (Å²) < 4.78 is 36.2. The molecule has 0 bridgehead atoms. The number of nitrogens with zero attached hydrogens (tertiary/aromatic N) is 1. The van der Waals surface area contributed by atoms with E-state index in [0.717, 1.165) is 0 Å². The van der Waals surface area contributed by atoms with Crippen LogP contribution in [0.4, 0.5) is 18.9 Å². The third kappa shape index (κ3) is 3.34. The van der Waals surface area contributed by atoms with Crippen molar-refractivity contribution < 1.29 is 18.1 Å². The number of hydrogen-bond acceptors (Lipinski definition) is 2. The van der Waals surface area contributed by atoms with Gasteiger partial charge in [-0.15, -0.1) is 0 Å². The molecule has 0 saturated carbocycles. The molecule has 1 aromatic rings. The fourth-order valence-electron chi connectivity index (χ4n) is 0.952. The minimum atomic E-state index is -4.61. The van der Waals surface area contributed by atoms with Crippen LogP contribution in [0.5, 0.6) is 0 Å². The maximum Gasteiger partial charge on any atom is 0.423 e. The molecular weight excluding hydrogens is 235 g/mol. The van der Waals surface area contributed by atoms with Crippen molar-refractivity contribution in [1.82, 2.24) is 0 Å². The van der Waals surface area contributed by atoms with Gasteiger partial charge in [0.05, 0.1) is 10.5 Å². The highest BCUT2D eigenvalue weighted by Gasteiger charge is 2.30. The van der Waals surface area contributed by atoms with Crippen molar-refractivity contribution in [3.63, 3.8) is 0 Å². The number of hydrogen-bond donors (Lipinski definition) is 0. The van der Waals surface area contributed by atoms with E-state index in [9.17, 15) is 23.3 Å². The topological polar surface area (TPSA) is 43.1 Å². The Hall–Kier alpha value is -2.29. The third-order valence-corrected chi connectivity index (χ3v) is 1.79. The van der Waals surface area contributed by atoms with Gasteiger partial charge in [-0.2, -0.15) is 13.2 Å². The smallest absolute Gasteiger partial charge is 0.258 e. The molecule has 1 rings (SSSR count). The van der Waals surface area contributed by atoms with E-state index in [1.807, 2.05) is 0 Å². The summed E-state index contributed by atoms with van der Waals surface area (Å²) in [7, 11) is 0. The zero-order valence-corrected chi connectivity index (χ0v) is 8.41. The molecule has 0 saturated heterocycles. The predicted molar refractivity (Wildman–Crippen MR) is 55.2 cm³/mol. The summed E-state index contributed by atoms with van der Waals surface area (Å²) in [6.45, 7) is 2.75. The van der Waals surface area contributed by atoms with Gasteiger partial charge in [0.1, 0.15) is 5.56 Å². The molecule has 3 nitrogen and oxygen atoms in total. The van der Waals surface area contributed by atoms with Crippen LogP contribution in [0.15, 0.2) is 36.4 Å². The monoisotopic (exact) mass is 241 g/mol. The van der Waals surface area contributed by atoms with Gasteiger partial charge < -0.3 is 0 Å². The first-order chi connectivity index (χ1) is 7.82. The third-order valence-electron chi connectivity index (χ3n) is 1.79. The van der Waals surface area contributed by atoms with E-state index in [2.05, 4.69) is 12.5 Å². The number of allylic oxidation sites excluding steroid dienone is 1. The van der Waals surface area contributed by atoms with E-state index in [4.69, 9.17) is 0 Å². The lowest BCUT2D eigenvalue weighted by Crippen LogP contribution is -2.08. The second kappa shape index (κ2) is 4.70. The fourth-order valence-corrected chi connectivity index (χ4v) is 0.952. The lowest BCUT2D eigenvalue weighted by molar-refractivity contribution is -0.385. The van der Waals surface area contributed by atoms with Crippen LogP contribution in [0.3, 0.4) is 0 Å². The molecule has 0 fully saturated rings. The van der Waals surface area contributed by atoms with E-state index in [1.54, 1.807) is 5.92 Å². The summed E-state index contributed by atoms with van der Waals surface area (Å²) >= 11 is 0. The van der Waals surface area contributed by atoms with Gasteiger partial charge in [-0.05, 0) is 6.07 Å². The van der Waals surface area contributed by atoms with Gasteiger partial charge in [-0.3, -0.25) is 10.1 Å². The van der Waals surface area contributed by atoms with Crippen molar-refractivity contribution in [3.05, 3.63) is 52.1 Å². The maximum atomic E-state index is 12.1. The van der Waals surface area contributed by atoms with Crippen molar-refractivity contribution in [2.24, 2.45) is 0 Å². The summed E-state index contributed by atoms with van der Waals surface area (Å²) in [5.41, 5.74) is -1.66. The van der Waals surface area contributed by atoms with Gasteiger partial charge in [0.2, 0.25) is 0 Å². The molecular formula is C11H6F3NO2. The van der Waals surface area contributed by atoms with Crippen LogP contribution >= 0.6 is 0 Å². The molecule has 0 heterocycles. The lowest BCUT2D eigenvalue weighted by atomic mass is 10.1. The van der Waals surface area contributed by atoms with Crippen LogP contribution in [0.25, 0.3) is 0 Å². The first kappa shape index (κ1) is 12.8. The largest absolute Gasteiger partial charge is 0.423 e. The van der Waals surface area contributed by atoms with E-state index < -0.39 is 16.7 Å².